The van der Waals surface area contributed by atoms with Gasteiger partial charge in [-0.25, -0.2) is 9.97 Å². The molecule has 0 saturated heterocycles. The molecular weight excluding hydrogens is 360 g/mol. The molecule has 6 heteroatoms. The fourth-order valence-corrected chi connectivity index (χ4v) is 2.88. The van der Waals surface area contributed by atoms with Crippen LogP contribution in [0.15, 0.2) is 66.9 Å². The van der Waals surface area contributed by atoms with Crippen LogP contribution >= 0.6 is 0 Å². The first-order chi connectivity index (χ1) is 14.2. The summed E-state index contributed by atoms with van der Waals surface area (Å²) in [4.78, 5) is 8.98. The molecule has 0 aliphatic rings. The van der Waals surface area contributed by atoms with Crippen molar-refractivity contribution in [2.24, 2.45) is 0 Å². The van der Waals surface area contributed by atoms with E-state index in [4.69, 9.17) is 10.5 Å². The number of benzene rings is 2. The summed E-state index contributed by atoms with van der Waals surface area (Å²) < 4.78 is 0. The molecule has 2 aromatic carbocycles. The van der Waals surface area contributed by atoms with Crippen LogP contribution in [-0.2, 0) is 0 Å². The minimum atomic E-state index is -0.0847. The summed E-state index contributed by atoms with van der Waals surface area (Å²) in [5.41, 5.74) is 4.30. The SMILES string of the molecule is CCNC(c1ccc(/C=C/C#N)cc1)c1ccnc(Nc2ccc(C#N)cc2)n1. The molecule has 3 aromatic rings. The Labute approximate surface area is 170 Å². The Morgan fingerprint density at radius 3 is 2.45 bits per heavy atom. The summed E-state index contributed by atoms with van der Waals surface area (Å²) in [6.07, 6.45) is 4.96. The Kier molecular flexibility index (Phi) is 6.67. The molecule has 3 rings (SSSR count). The van der Waals surface area contributed by atoms with Gasteiger partial charge < -0.3 is 10.6 Å². The lowest BCUT2D eigenvalue weighted by atomic mass is 10.0. The van der Waals surface area contributed by atoms with Gasteiger partial charge in [0.05, 0.1) is 29.4 Å². The topological polar surface area (TPSA) is 97.4 Å². The number of nitrogens with zero attached hydrogens (tertiary/aromatic N) is 4. The maximum Gasteiger partial charge on any atom is 0.227 e. The molecule has 0 amide bonds. The van der Waals surface area contributed by atoms with E-state index < -0.39 is 0 Å². The third-order valence-electron chi connectivity index (χ3n) is 4.27. The highest BCUT2D eigenvalue weighted by Crippen LogP contribution is 2.23. The lowest BCUT2D eigenvalue weighted by Crippen LogP contribution is -2.23. The van der Waals surface area contributed by atoms with Crippen molar-refractivity contribution in [1.82, 2.24) is 15.3 Å². The van der Waals surface area contributed by atoms with E-state index in [0.717, 1.165) is 29.1 Å². The zero-order valence-corrected chi connectivity index (χ0v) is 16.0. The van der Waals surface area contributed by atoms with Crippen molar-refractivity contribution < 1.29 is 0 Å². The van der Waals surface area contributed by atoms with Gasteiger partial charge in [0.1, 0.15) is 0 Å². The average Bonchev–Trinajstić information content (AvgIpc) is 2.77. The van der Waals surface area contributed by atoms with Crippen molar-refractivity contribution in [1.29, 1.82) is 10.5 Å². The molecule has 0 spiro atoms. The largest absolute Gasteiger partial charge is 0.324 e. The molecule has 0 aliphatic carbocycles. The lowest BCUT2D eigenvalue weighted by Gasteiger charge is -2.19. The van der Waals surface area contributed by atoms with Crippen LogP contribution in [0.5, 0.6) is 0 Å². The first-order valence-electron chi connectivity index (χ1n) is 9.23. The standard InChI is InChI=1S/C23H20N6/c1-2-26-22(19-9-5-17(6-10-19)4-3-14-24)21-13-15-27-23(29-21)28-20-11-7-18(16-25)8-12-20/h3-13,15,22,26H,2H2,1H3,(H,27,28,29)/b4-3+. The molecule has 142 valence electrons. The Hall–Kier alpha value is -4.00. The molecule has 0 saturated carbocycles. The summed E-state index contributed by atoms with van der Waals surface area (Å²) in [5, 5.41) is 24.2. The Morgan fingerprint density at radius 2 is 1.79 bits per heavy atom. The van der Waals surface area contributed by atoms with E-state index in [1.807, 2.05) is 55.5 Å². The fraction of sp³-hybridized carbons (Fsp3) is 0.130. The summed E-state index contributed by atoms with van der Waals surface area (Å²) in [5.74, 6) is 0.490. The summed E-state index contributed by atoms with van der Waals surface area (Å²) >= 11 is 0. The molecule has 1 atom stereocenters. The molecular formula is C23H20N6. The van der Waals surface area contributed by atoms with Crippen molar-refractivity contribution in [2.75, 3.05) is 11.9 Å². The predicted molar refractivity (Wildman–Crippen MR) is 113 cm³/mol. The summed E-state index contributed by atoms with van der Waals surface area (Å²) in [6.45, 7) is 2.83. The highest BCUT2D eigenvalue weighted by Gasteiger charge is 2.15. The van der Waals surface area contributed by atoms with Gasteiger partial charge >= 0.3 is 0 Å². The first kappa shape index (κ1) is 19.8. The average molecular weight is 380 g/mol. The molecule has 1 aromatic heterocycles. The van der Waals surface area contributed by atoms with Gasteiger partial charge in [-0.2, -0.15) is 10.5 Å². The van der Waals surface area contributed by atoms with Gasteiger partial charge in [-0.05, 0) is 54.1 Å². The minimum Gasteiger partial charge on any atom is -0.324 e. The van der Waals surface area contributed by atoms with Gasteiger partial charge in [0, 0.05) is 18.0 Å². The van der Waals surface area contributed by atoms with Crippen LogP contribution in [-0.4, -0.2) is 16.5 Å². The van der Waals surface area contributed by atoms with Gasteiger partial charge in [-0.3, -0.25) is 0 Å². The normalized spacial score (nSPS) is 11.6. The quantitative estimate of drug-likeness (QED) is 0.592. The van der Waals surface area contributed by atoms with Crippen molar-refractivity contribution >= 4 is 17.7 Å². The van der Waals surface area contributed by atoms with E-state index >= 15 is 0 Å². The van der Waals surface area contributed by atoms with Crippen LogP contribution in [0.25, 0.3) is 6.08 Å². The van der Waals surface area contributed by atoms with Crippen LogP contribution in [0.1, 0.15) is 35.3 Å². The van der Waals surface area contributed by atoms with Gasteiger partial charge in [0.25, 0.3) is 0 Å². The van der Waals surface area contributed by atoms with E-state index in [9.17, 15) is 0 Å². The van der Waals surface area contributed by atoms with Crippen molar-refractivity contribution in [3.05, 3.63) is 89.3 Å². The first-order valence-corrected chi connectivity index (χ1v) is 9.23. The number of anilines is 2. The number of nitrogens with one attached hydrogen (secondary N) is 2. The third kappa shape index (κ3) is 5.26. The zero-order chi connectivity index (χ0) is 20.5. The molecule has 0 aliphatic heterocycles. The number of hydrogen-bond acceptors (Lipinski definition) is 6. The molecule has 1 unspecified atom stereocenters. The van der Waals surface area contributed by atoms with Crippen molar-refractivity contribution in [3.8, 4) is 12.1 Å². The van der Waals surface area contributed by atoms with Crippen LogP contribution in [0, 0.1) is 22.7 Å². The second-order valence-electron chi connectivity index (χ2n) is 6.24. The third-order valence-corrected chi connectivity index (χ3v) is 4.27. The van der Waals surface area contributed by atoms with Gasteiger partial charge in [-0.15, -0.1) is 0 Å². The van der Waals surface area contributed by atoms with Gasteiger partial charge in [0.2, 0.25) is 5.95 Å². The highest BCUT2D eigenvalue weighted by atomic mass is 15.1. The van der Waals surface area contributed by atoms with E-state index in [1.165, 1.54) is 6.08 Å². The predicted octanol–water partition coefficient (Wildman–Crippen LogP) is 4.33. The monoisotopic (exact) mass is 380 g/mol. The number of hydrogen-bond donors (Lipinski definition) is 2. The van der Waals surface area contributed by atoms with Crippen LogP contribution in [0.2, 0.25) is 0 Å². The molecule has 6 nitrogen and oxygen atoms in total. The zero-order valence-electron chi connectivity index (χ0n) is 16.0. The molecule has 0 fully saturated rings. The molecule has 0 bridgehead atoms. The molecule has 0 radical (unpaired) electrons. The van der Waals surface area contributed by atoms with E-state index in [2.05, 4.69) is 26.7 Å². The molecule has 29 heavy (non-hydrogen) atoms. The Balaban J connectivity index is 1.84. The number of aromatic nitrogens is 2. The maximum absolute atomic E-state index is 8.91. The summed E-state index contributed by atoms with van der Waals surface area (Å²) in [7, 11) is 0. The second kappa shape index (κ2) is 9.80. The number of rotatable bonds is 7. The van der Waals surface area contributed by atoms with Crippen LogP contribution < -0.4 is 10.6 Å². The van der Waals surface area contributed by atoms with Crippen molar-refractivity contribution in [2.45, 2.75) is 13.0 Å². The highest BCUT2D eigenvalue weighted by molar-refractivity contribution is 5.55. The lowest BCUT2D eigenvalue weighted by molar-refractivity contribution is 0.615. The summed E-state index contributed by atoms with van der Waals surface area (Å²) in [6, 6.07) is 21.1. The maximum atomic E-state index is 8.91. The number of nitriles is 2. The fourth-order valence-electron chi connectivity index (χ4n) is 2.88. The van der Waals surface area contributed by atoms with Gasteiger partial charge in [-0.1, -0.05) is 31.2 Å². The van der Waals surface area contributed by atoms with Gasteiger partial charge in [0.15, 0.2) is 0 Å². The van der Waals surface area contributed by atoms with E-state index in [1.54, 1.807) is 24.4 Å². The molecule has 1 heterocycles. The Morgan fingerprint density at radius 1 is 1.03 bits per heavy atom. The van der Waals surface area contributed by atoms with Crippen LogP contribution in [0.4, 0.5) is 11.6 Å². The Bertz CT molecular complexity index is 1060. The van der Waals surface area contributed by atoms with Crippen molar-refractivity contribution in [3.63, 3.8) is 0 Å². The van der Waals surface area contributed by atoms with E-state index in [0.29, 0.717) is 11.5 Å². The second-order valence-corrected chi connectivity index (χ2v) is 6.24. The number of allylic oxidation sites excluding steroid dienone is 1. The van der Waals surface area contributed by atoms with E-state index in [-0.39, 0.29) is 6.04 Å². The van der Waals surface area contributed by atoms with Crippen LogP contribution in [0.3, 0.4) is 0 Å². The smallest absolute Gasteiger partial charge is 0.227 e. The molecule has 2 N–H and O–H groups in total. The minimum absolute atomic E-state index is 0.0847.